The van der Waals surface area contributed by atoms with Gasteiger partial charge in [-0.25, -0.2) is 8.89 Å². The van der Waals surface area contributed by atoms with Gasteiger partial charge in [-0.1, -0.05) is 22.9 Å². The summed E-state index contributed by atoms with van der Waals surface area (Å²) in [5.41, 5.74) is 3.94. The Kier molecular flexibility index (Phi) is 13.1. The molecule has 10 heteroatoms. The monoisotopic (exact) mass is 518 g/mol. The molecule has 0 amide bonds. The van der Waals surface area contributed by atoms with Crippen molar-refractivity contribution in [1.82, 2.24) is 30.1 Å². The Balaban J connectivity index is 0.000000678. The number of methoxy groups -OCH3 is 1. The molecule has 1 aliphatic heterocycles. The van der Waals surface area contributed by atoms with E-state index in [2.05, 4.69) is 31.5 Å². The van der Waals surface area contributed by atoms with Gasteiger partial charge in [0.05, 0.1) is 12.3 Å². The average molecular weight is 519 g/mol. The Bertz CT molecular complexity index is 1010. The van der Waals surface area contributed by atoms with Crippen LogP contribution in [-0.4, -0.2) is 102 Å². The number of aldehydes is 1. The lowest BCUT2D eigenvalue weighted by Crippen LogP contribution is -2.46. The Morgan fingerprint density at radius 3 is 2.44 bits per heavy atom. The first-order valence-electron chi connectivity index (χ1n) is 12.4. The number of carbonyl (C=O) groups excluding carboxylic acids is 1. The van der Waals surface area contributed by atoms with Crippen LogP contribution >= 0.6 is 0 Å². The van der Waals surface area contributed by atoms with Crippen LogP contribution in [0.1, 0.15) is 30.2 Å². The van der Waals surface area contributed by atoms with Gasteiger partial charge in [-0.2, -0.15) is 0 Å². The topological polar surface area (TPSA) is 92.6 Å². The molecule has 2 heterocycles. The molecule has 1 saturated heterocycles. The van der Waals surface area contributed by atoms with Gasteiger partial charge in [0.15, 0.2) is 5.03 Å². The number of nitrogens with one attached hydrogen (secondary N) is 1. The molecule has 0 saturated carbocycles. The van der Waals surface area contributed by atoms with Gasteiger partial charge in [0, 0.05) is 69.9 Å². The highest BCUT2D eigenvalue weighted by atomic mass is 32.2. The van der Waals surface area contributed by atoms with Crippen LogP contribution in [0.4, 0.5) is 0 Å². The van der Waals surface area contributed by atoms with Crippen molar-refractivity contribution in [3.63, 3.8) is 0 Å². The van der Waals surface area contributed by atoms with Crippen molar-refractivity contribution in [2.75, 3.05) is 66.6 Å². The second-order valence-corrected chi connectivity index (χ2v) is 10.3. The third kappa shape index (κ3) is 9.01. The number of likely N-dealkylation sites (N-methyl/N-ethyl adjacent to an activating group) is 1. The number of piperazine rings is 1. The van der Waals surface area contributed by atoms with Gasteiger partial charge in [0.1, 0.15) is 17.1 Å². The number of rotatable bonds is 11. The summed E-state index contributed by atoms with van der Waals surface area (Å²) < 4.78 is 19.6. The number of allylic oxidation sites excluding steroid dienone is 1. The van der Waals surface area contributed by atoms with E-state index >= 15 is 0 Å². The molecule has 9 nitrogen and oxygen atoms in total. The van der Waals surface area contributed by atoms with E-state index in [1.165, 1.54) is 0 Å². The molecule has 0 spiro atoms. The maximum absolute atomic E-state index is 13.1. The van der Waals surface area contributed by atoms with Gasteiger partial charge in [-0.3, -0.25) is 4.90 Å². The maximum atomic E-state index is 13.1. The van der Waals surface area contributed by atoms with Crippen molar-refractivity contribution in [3.05, 3.63) is 41.1 Å². The molecule has 36 heavy (non-hydrogen) atoms. The van der Waals surface area contributed by atoms with Crippen LogP contribution in [0.25, 0.3) is 5.70 Å². The Morgan fingerprint density at radius 2 is 1.86 bits per heavy atom. The van der Waals surface area contributed by atoms with Crippen LogP contribution in [0, 0.1) is 20.8 Å². The van der Waals surface area contributed by atoms with E-state index in [4.69, 9.17) is 4.74 Å². The van der Waals surface area contributed by atoms with Crippen molar-refractivity contribution in [2.24, 2.45) is 0 Å². The van der Waals surface area contributed by atoms with E-state index < -0.39 is 10.8 Å². The molecule has 3 rings (SSSR count). The maximum Gasteiger partial charge on any atom is 0.177 e. The predicted molar refractivity (Wildman–Crippen MR) is 145 cm³/mol. The summed E-state index contributed by atoms with van der Waals surface area (Å²) in [4.78, 5) is 16.0. The lowest BCUT2D eigenvalue weighted by molar-refractivity contribution is -0.108. The van der Waals surface area contributed by atoms with Crippen molar-refractivity contribution in [1.29, 1.82) is 0 Å². The first-order chi connectivity index (χ1) is 17.3. The van der Waals surface area contributed by atoms with Gasteiger partial charge in [-0.15, -0.1) is 5.10 Å². The molecule has 1 aliphatic rings. The fraction of sp³-hybridized carbons (Fsp3) is 0.577. The zero-order valence-electron chi connectivity index (χ0n) is 22.6. The fourth-order valence-corrected chi connectivity index (χ4v) is 5.13. The minimum Gasteiger partial charge on any atom is -0.383 e. The van der Waals surface area contributed by atoms with Crippen molar-refractivity contribution in [3.8, 4) is 0 Å². The molecule has 2 aromatic rings. The third-order valence-corrected chi connectivity index (χ3v) is 7.71. The highest BCUT2D eigenvalue weighted by Gasteiger charge is 2.20. The summed E-state index contributed by atoms with van der Waals surface area (Å²) in [5.74, 6) is 0. The number of hydrogen-bond donors (Lipinski definition) is 1. The highest BCUT2D eigenvalue weighted by Crippen LogP contribution is 2.22. The van der Waals surface area contributed by atoms with E-state index in [1.54, 1.807) is 11.8 Å². The van der Waals surface area contributed by atoms with Crippen molar-refractivity contribution < 1.29 is 13.7 Å². The number of ether oxygens (including phenoxy) is 1. The lowest BCUT2D eigenvalue weighted by Gasteiger charge is -2.33. The fourth-order valence-electron chi connectivity index (χ4n) is 3.92. The van der Waals surface area contributed by atoms with Crippen LogP contribution in [0.3, 0.4) is 0 Å². The quantitative estimate of drug-likeness (QED) is 0.358. The predicted octanol–water partition coefficient (Wildman–Crippen LogP) is 2.29. The number of hydrogen-bond acceptors (Lipinski definition) is 8. The third-order valence-electron chi connectivity index (χ3n) is 6.12. The Hall–Kier alpha value is -2.24. The molecule has 0 bridgehead atoms. The molecule has 1 aromatic carbocycles. The number of nitrogens with zero attached hydrogens (tertiary/aromatic N) is 5. The largest absolute Gasteiger partial charge is 0.383 e. The zero-order valence-corrected chi connectivity index (χ0v) is 23.4. The molecular formula is C26H42N6O3S. The second-order valence-electron chi connectivity index (χ2n) is 8.97. The summed E-state index contributed by atoms with van der Waals surface area (Å²) >= 11 is 0. The van der Waals surface area contributed by atoms with Gasteiger partial charge in [-0.05, 0) is 52.4 Å². The SMILES string of the molecule is C/C(=C\CN1CCN(CCC=O)CC1)n1nnc(S(=O)c2ccc(C)cc2C)c1C.CNCCOC. The van der Waals surface area contributed by atoms with E-state index in [9.17, 15) is 9.00 Å². The van der Waals surface area contributed by atoms with Gasteiger partial charge in [0.25, 0.3) is 0 Å². The van der Waals surface area contributed by atoms with Crippen LogP contribution in [-0.2, 0) is 20.3 Å². The molecule has 1 N–H and O–H groups in total. The average Bonchev–Trinajstić information content (AvgIpc) is 3.26. The molecule has 0 radical (unpaired) electrons. The molecule has 1 fully saturated rings. The van der Waals surface area contributed by atoms with Crippen molar-refractivity contribution >= 4 is 22.8 Å². The second kappa shape index (κ2) is 15.8. The van der Waals surface area contributed by atoms with E-state index in [0.29, 0.717) is 11.4 Å². The summed E-state index contributed by atoms with van der Waals surface area (Å²) in [6, 6.07) is 5.93. The van der Waals surface area contributed by atoms with E-state index in [-0.39, 0.29) is 0 Å². The number of aryl methyl sites for hydroxylation is 2. The smallest absolute Gasteiger partial charge is 0.177 e. The zero-order chi connectivity index (χ0) is 26.5. The van der Waals surface area contributed by atoms with Crippen molar-refractivity contribution in [2.45, 2.75) is 44.0 Å². The Labute approximate surface area is 218 Å². The summed E-state index contributed by atoms with van der Waals surface area (Å²) in [6.45, 7) is 15.3. The minimum absolute atomic E-state index is 0.512. The standard InChI is InChI=1S/C22H31N5O2S.C4H11NO/c1-17-6-7-21(18(2)16-17)30(29)22-20(4)27(24-23-22)19(3)8-10-26-13-11-25(12-14-26)9-5-15-28;1-5-3-4-6-2/h6-8,15-16H,5,9-14H2,1-4H3;5H,3-4H2,1-2H3/b19-8+;. The molecule has 1 aromatic heterocycles. The molecule has 1 unspecified atom stereocenters. The van der Waals surface area contributed by atoms with Crippen LogP contribution < -0.4 is 5.32 Å². The van der Waals surface area contributed by atoms with Gasteiger partial charge < -0.3 is 19.7 Å². The van der Waals surface area contributed by atoms with Crippen LogP contribution in [0.2, 0.25) is 0 Å². The molecular weight excluding hydrogens is 476 g/mol. The first-order valence-corrected chi connectivity index (χ1v) is 13.6. The summed E-state index contributed by atoms with van der Waals surface area (Å²) in [7, 11) is 2.24. The van der Waals surface area contributed by atoms with E-state index in [0.717, 1.165) is 86.1 Å². The molecule has 0 aliphatic carbocycles. The first kappa shape index (κ1) is 30.0. The highest BCUT2D eigenvalue weighted by molar-refractivity contribution is 7.85. The van der Waals surface area contributed by atoms with Crippen LogP contribution in [0.15, 0.2) is 34.2 Å². The number of aromatic nitrogens is 3. The lowest BCUT2D eigenvalue weighted by atomic mass is 10.2. The normalized spacial score (nSPS) is 15.9. The van der Waals surface area contributed by atoms with Gasteiger partial charge in [0.2, 0.25) is 0 Å². The van der Waals surface area contributed by atoms with Crippen LogP contribution in [0.5, 0.6) is 0 Å². The number of carbonyl (C=O) groups is 1. The van der Waals surface area contributed by atoms with E-state index in [1.807, 2.05) is 52.9 Å². The minimum atomic E-state index is -1.35. The number of benzene rings is 1. The summed E-state index contributed by atoms with van der Waals surface area (Å²) in [5, 5.41) is 12.0. The molecule has 200 valence electrons. The molecule has 1 atom stereocenters. The Morgan fingerprint density at radius 1 is 1.17 bits per heavy atom. The summed E-state index contributed by atoms with van der Waals surface area (Å²) in [6.07, 6.45) is 3.74. The van der Waals surface area contributed by atoms with Gasteiger partial charge >= 0.3 is 0 Å².